The first-order chi connectivity index (χ1) is 17.0. The molecule has 3 atom stereocenters. The van der Waals surface area contributed by atoms with Crippen LogP contribution in [-0.4, -0.2) is 68.7 Å². The summed E-state index contributed by atoms with van der Waals surface area (Å²) in [6.45, 7) is 0.880. The first-order valence-electron chi connectivity index (χ1n) is 11.7. The highest BCUT2D eigenvalue weighted by Crippen LogP contribution is 2.44. The van der Waals surface area contributed by atoms with Crippen LogP contribution in [0.15, 0.2) is 48.5 Å². The summed E-state index contributed by atoms with van der Waals surface area (Å²) in [5.74, 6) is -1.62. The van der Waals surface area contributed by atoms with Crippen LogP contribution in [0.25, 0.3) is 11.1 Å². The van der Waals surface area contributed by atoms with Gasteiger partial charge in [0.2, 0.25) is 5.91 Å². The number of rotatable bonds is 10. The van der Waals surface area contributed by atoms with Crippen LogP contribution in [0.1, 0.15) is 29.9 Å². The third kappa shape index (κ3) is 5.80. The van der Waals surface area contributed by atoms with Gasteiger partial charge in [-0.3, -0.25) is 4.79 Å². The Hall–Kier alpha value is -3.43. The van der Waals surface area contributed by atoms with E-state index in [2.05, 4.69) is 34.9 Å². The summed E-state index contributed by atoms with van der Waals surface area (Å²) >= 11 is 0. The number of hydrogen-bond donors (Lipinski definition) is 3. The normalized spacial score (nSPS) is 19.5. The van der Waals surface area contributed by atoms with E-state index in [4.69, 9.17) is 19.3 Å². The Morgan fingerprint density at radius 1 is 1.06 bits per heavy atom. The zero-order valence-corrected chi connectivity index (χ0v) is 19.6. The van der Waals surface area contributed by atoms with Gasteiger partial charge in [0.05, 0.1) is 12.5 Å². The smallest absolute Gasteiger partial charge is 0.407 e. The maximum atomic E-state index is 12.4. The van der Waals surface area contributed by atoms with Crippen molar-refractivity contribution in [3.05, 3.63) is 59.7 Å². The zero-order valence-electron chi connectivity index (χ0n) is 19.6. The van der Waals surface area contributed by atoms with Crippen LogP contribution in [0.3, 0.4) is 0 Å². The molecule has 1 saturated heterocycles. The van der Waals surface area contributed by atoms with Crippen molar-refractivity contribution in [2.45, 2.75) is 31.0 Å². The fourth-order valence-electron chi connectivity index (χ4n) is 4.73. The molecule has 3 N–H and O–H groups in total. The average Bonchev–Trinajstić information content (AvgIpc) is 3.47. The second-order valence-electron chi connectivity index (χ2n) is 8.75. The van der Waals surface area contributed by atoms with E-state index in [0.29, 0.717) is 13.0 Å². The van der Waals surface area contributed by atoms with Crippen LogP contribution in [-0.2, 0) is 23.8 Å². The Morgan fingerprint density at radius 3 is 2.34 bits per heavy atom. The summed E-state index contributed by atoms with van der Waals surface area (Å²) in [6, 6.07) is 16.2. The summed E-state index contributed by atoms with van der Waals surface area (Å²) in [7, 11) is 1.46. The molecule has 1 heterocycles. The first kappa shape index (κ1) is 24.7. The number of carbonyl (C=O) groups is 3. The van der Waals surface area contributed by atoms with Crippen molar-refractivity contribution < 1.29 is 33.7 Å². The molecule has 3 unspecified atom stereocenters. The number of nitrogens with one attached hydrogen (secondary N) is 2. The fourth-order valence-corrected chi connectivity index (χ4v) is 4.73. The van der Waals surface area contributed by atoms with Crippen molar-refractivity contribution in [3.63, 3.8) is 0 Å². The molecule has 186 valence electrons. The lowest BCUT2D eigenvalue weighted by molar-refractivity contribution is -0.149. The molecule has 1 fully saturated rings. The number of alkyl carbamates (subject to hydrolysis) is 1. The number of hydrogen-bond acceptors (Lipinski definition) is 6. The molecular weight excluding hydrogens is 452 g/mol. The topological polar surface area (TPSA) is 123 Å². The minimum atomic E-state index is -1.02. The monoisotopic (exact) mass is 482 g/mol. The lowest BCUT2D eigenvalue weighted by atomic mass is 9.98. The summed E-state index contributed by atoms with van der Waals surface area (Å²) in [5.41, 5.74) is 4.57. The van der Waals surface area contributed by atoms with Crippen LogP contribution in [0.5, 0.6) is 0 Å². The van der Waals surface area contributed by atoms with Crippen molar-refractivity contribution in [2.24, 2.45) is 5.92 Å². The summed E-state index contributed by atoms with van der Waals surface area (Å²) < 4.78 is 16.0. The molecule has 9 heteroatoms. The standard InChI is InChI=1S/C26H30N2O7/c1-33-17(12-23(29)27-13-16-10-11-34-24(16)25(30)31)14-28-26(32)35-15-22-20-8-4-2-6-18(20)19-7-3-5-9-21(19)22/h2-9,16-17,22,24H,10-15H2,1H3,(H,27,29)(H,28,32)(H,30,31). The fraction of sp³-hybridized carbons (Fsp3) is 0.423. The third-order valence-corrected chi connectivity index (χ3v) is 6.58. The molecule has 2 aliphatic rings. The molecular formula is C26H30N2O7. The van der Waals surface area contributed by atoms with Crippen LogP contribution in [0, 0.1) is 5.92 Å². The van der Waals surface area contributed by atoms with Gasteiger partial charge in [0, 0.05) is 38.6 Å². The van der Waals surface area contributed by atoms with Gasteiger partial charge in [0.1, 0.15) is 6.61 Å². The average molecular weight is 483 g/mol. The summed E-state index contributed by atoms with van der Waals surface area (Å²) in [4.78, 5) is 35.8. The van der Waals surface area contributed by atoms with E-state index in [1.807, 2.05) is 24.3 Å². The first-order valence-corrected chi connectivity index (χ1v) is 11.7. The van der Waals surface area contributed by atoms with Gasteiger partial charge in [-0.1, -0.05) is 48.5 Å². The SMILES string of the molecule is COC(CNC(=O)OCC1c2ccccc2-c2ccccc21)CC(=O)NCC1CCOC1C(=O)O. The number of aliphatic carboxylic acids is 1. The predicted octanol–water partition coefficient (Wildman–Crippen LogP) is 2.54. The molecule has 0 radical (unpaired) electrons. The van der Waals surface area contributed by atoms with Crippen LogP contribution < -0.4 is 10.6 Å². The van der Waals surface area contributed by atoms with Crippen molar-refractivity contribution in [2.75, 3.05) is 33.4 Å². The second-order valence-corrected chi connectivity index (χ2v) is 8.75. The number of carbonyl (C=O) groups excluding carboxylic acids is 2. The molecule has 35 heavy (non-hydrogen) atoms. The molecule has 2 aromatic carbocycles. The molecule has 0 saturated carbocycles. The molecule has 0 bridgehead atoms. The molecule has 4 rings (SSSR count). The minimum absolute atomic E-state index is 0.0193. The van der Waals surface area contributed by atoms with Gasteiger partial charge in [-0.2, -0.15) is 0 Å². The van der Waals surface area contributed by atoms with E-state index in [1.165, 1.54) is 7.11 Å². The lowest BCUT2D eigenvalue weighted by Crippen LogP contribution is -2.40. The number of ether oxygens (including phenoxy) is 3. The number of carboxylic acids is 1. The van der Waals surface area contributed by atoms with Gasteiger partial charge >= 0.3 is 12.1 Å². The van der Waals surface area contributed by atoms with Crippen LogP contribution >= 0.6 is 0 Å². The Bertz CT molecular complexity index is 1030. The third-order valence-electron chi connectivity index (χ3n) is 6.58. The molecule has 9 nitrogen and oxygen atoms in total. The summed E-state index contributed by atoms with van der Waals surface area (Å²) in [6.07, 6.45) is -1.43. The molecule has 2 aromatic rings. The number of amides is 2. The van der Waals surface area contributed by atoms with Crippen LogP contribution in [0.4, 0.5) is 4.79 Å². The molecule has 2 amide bonds. The highest BCUT2D eigenvalue weighted by molar-refractivity contribution is 5.79. The number of methoxy groups -OCH3 is 1. The Balaban J connectivity index is 1.22. The maximum Gasteiger partial charge on any atom is 0.407 e. The number of benzene rings is 2. The van der Waals surface area contributed by atoms with E-state index in [0.717, 1.165) is 22.3 Å². The maximum absolute atomic E-state index is 12.4. The quantitative estimate of drug-likeness (QED) is 0.476. The lowest BCUT2D eigenvalue weighted by Gasteiger charge is -2.19. The van der Waals surface area contributed by atoms with Gasteiger partial charge in [-0.25, -0.2) is 9.59 Å². The Kier molecular flexibility index (Phi) is 7.99. The zero-order chi connectivity index (χ0) is 24.8. The van der Waals surface area contributed by atoms with E-state index < -0.39 is 24.3 Å². The van der Waals surface area contributed by atoms with Gasteiger partial charge in [-0.05, 0) is 28.7 Å². The molecule has 0 aromatic heterocycles. The largest absolute Gasteiger partial charge is 0.479 e. The van der Waals surface area contributed by atoms with Gasteiger partial charge in [-0.15, -0.1) is 0 Å². The number of fused-ring (bicyclic) bond motifs is 3. The molecule has 1 aliphatic heterocycles. The van der Waals surface area contributed by atoms with Crippen molar-refractivity contribution in [3.8, 4) is 11.1 Å². The van der Waals surface area contributed by atoms with Crippen molar-refractivity contribution in [1.29, 1.82) is 0 Å². The van der Waals surface area contributed by atoms with Gasteiger partial charge in [0.15, 0.2) is 6.10 Å². The Morgan fingerprint density at radius 2 is 1.71 bits per heavy atom. The van der Waals surface area contributed by atoms with E-state index >= 15 is 0 Å². The predicted molar refractivity (Wildman–Crippen MR) is 127 cm³/mol. The highest BCUT2D eigenvalue weighted by Gasteiger charge is 2.34. The van der Waals surface area contributed by atoms with Crippen LogP contribution in [0.2, 0.25) is 0 Å². The highest BCUT2D eigenvalue weighted by atomic mass is 16.5. The second kappa shape index (κ2) is 11.3. The molecule has 0 spiro atoms. The van der Waals surface area contributed by atoms with E-state index in [9.17, 15) is 14.4 Å². The minimum Gasteiger partial charge on any atom is -0.479 e. The van der Waals surface area contributed by atoms with Crippen molar-refractivity contribution >= 4 is 18.0 Å². The van der Waals surface area contributed by atoms with Gasteiger partial charge in [0.25, 0.3) is 0 Å². The Labute approximate surface area is 203 Å². The van der Waals surface area contributed by atoms with Gasteiger partial charge < -0.3 is 30.0 Å². The molecule has 1 aliphatic carbocycles. The van der Waals surface area contributed by atoms with Crippen molar-refractivity contribution in [1.82, 2.24) is 10.6 Å². The summed E-state index contributed by atoms with van der Waals surface area (Å²) in [5, 5.41) is 14.6. The van der Waals surface area contributed by atoms with E-state index in [-0.39, 0.29) is 43.9 Å². The van der Waals surface area contributed by atoms with E-state index in [1.54, 1.807) is 0 Å². The number of carboxylic acid groups (broad SMARTS) is 1.